The predicted molar refractivity (Wildman–Crippen MR) is 55.3 cm³/mol. The van der Waals surface area contributed by atoms with Crippen LogP contribution in [-0.2, 0) is 4.74 Å². The third kappa shape index (κ3) is 1.85. The van der Waals surface area contributed by atoms with Gasteiger partial charge in [-0.05, 0) is 34.5 Å². The Morgan fingerprint density at radius 2 is 2.46 bits per heavy atom. The number of ketones is 1. The Labute approximate surface area is 89.0 Å². The molecule has 0 bridgehead atoms. The van der Waals surface area contributed by atoms with Crippen molar-refractivity contribution in [3.8, 4) is 0 Å². The van der Waals surface area contributed by atoms with Gasteiger partial charge in [0.1, 0.15) is 0 Å². The van der Waals surface area contributed by atoms with Gasteiger partial charge in [-0.1, -0.05) is 0 Å². The molecule has 1 aromatic heterocycles. The number of thiophene rings is 1. The van der Waals surface area contributed by atoms with E-state index in [0.29, 0.717) is 0 Å². The zero-order valence-corrected chi connectivity index (χ0v) is 9.52. The molecule has 0 amide bonds. The highest BCUT2D eigenvalue weighted by molar-refractivity contribution is 9.11. The Morgan fingerprint density at radius 3 is 2.92 bits per heavy atom. The minimum Gasteiger partial charge on any atom is -0.381 e. The van der Waals surface area contributed by atoms with Crippen molar-refractivity contribution in [1.82, 2.24) is 0 Å². The summed E-state index contributed by atoms with van der Waals surface area (Å²) in [5, 5.41) is 0. The van der Waals surface area contributed by atoms with Crippen LogP contribution in [0.15, 0.2) is 15.9 Å². The van der Waals surface area contributed by atoms with Crippen LogP contribution in [0, 0.1) is 5.92 Å². The van der Waals surface area contributed by atoms with Crippen LogP contribution in [0.5, 0.6) is 0 Å². The molecule has 1 aliphatic carbocycles. The molecule has 0 saturated heterocycles. The van der Waals surface area contributed by atoms with Gasteiger partial charge in [0.05, 0.1) is 20.7 Å². The van der Waals surface area contributed by atoms with Crippen molar-refractivity contribution >= 4 is 33.0 Å². The molecule has 2 unspecified atom stereocenters. The monoisotopic (exact) mass is 260 g/mol. The first-order valence-electron chi connectivity index (χ1n) is 4.04. The van der Waals surface area contributed by atoms with E-state index in [-0.39, 0.29) is 17.8 Å². The van der Waals surface area contributed by atoms with Crippen molar-refractivity contribution in [2.24, 2.45) is 5.92 Å². The Balaban J connectivity index is 2.07. The van der Waals surface area contributed by atoms with Crippen molar-refractivity contribution in [2.75, 3.05) is 7.11 Å². The lowest BCUT2D eigenvalue weighted by atomic mass is 10.2. The van der Waals surface area contributed by atoms with E-state index in [4.69, 9.17) is 4.74 Å². The van der Waals surface area contributed by atoms with Crippen molar-refractivity contribution in [3.63, 3.8) is 0 Å². The number of carbonyl (C=O) groups excluding carboxylic acids is 1. The zero-order chi connectivity index (χ0) is 9.42. The van der Waals surface area contributed by atoms with E-state index < -0.39 is 0 Å². The maximum Gasteiger partial charge on any atom is 0.178 e. The number of carbonyl (C=O) groups is 1. The van der Waals surface area contributed by atoms with E-state index in [2.05, 4.69) is 15.9 Å². The first-order valence-corrected chi connectivity index (χ1v) is 5.65. The second-order valence-electron chi connectivity index (χ2n) is 3.08. The molecule has 1 aromatic rings. The SMILES string of the molecule is COC1CC1C(=O)c1ccc(Br)s1. The van der Waals surface area contributed by atoms with E-state index in [0.717, 1.165) is 15.1 Å². The predicted octanol–water partition coefficient (Wildman–Crippen LogP) is 2.73. The Bertz CT molecular complexity index is 334. The van der Waals surface area contributed by atoms with Gasteiger partial charge in [0.15, 0.2) is 5.78 Å². The Hall–Kier alpha value is -0.190. The van der Waals surface area contributed by atoms with Gasteiger partial charge in [0, 0.05) is 7.11 Å². The lowest BCUT2D eigenvalue weighted by Gasteiger charge is -1.94. The molecule has 2 rings (SSSR count). The summed E-state index contributed by atoms with van der Waals surface area (Å²) in [7, 11) is 1.66. The molecule has 2 atom stereocenters. The smallest absolute Gasteiger partial charge is 0.178 e. The highest BCUT2D eigenvalue weighted by Gasteiger charge is 2.43. The minimum absolute atomic E-state index is 0.107. The Morgan fingerprint density at radius 1 is 1.69 bits per heavy atom. The van der Waals surface area contributed by atoms with Gasteiger partial charge in [-0.3, -0.25) is 4.79 Å². The summed E-state index contributed by atoms with van der Waals surface area (Å²) < 4.78 is 6.10. The van der Waals surface area contributed by atoms with Crippen LogP contribution in [0.3, 0.4) is 0 Å². The number of hydrogen-bond acceptors (Lipinski definition) is 3. The second-order valence-corrected chi connectivity index (χ2v) is 5.55. The van der Waals surface area contributed by atoms with Gasteiger partial charge >= 0.3 is 0 Å². The average Bonchev–Trinajstić information content (AvgIpc) is 2.80. The van der Waals surface area contributed by atoms with Crippen LogP contribution >= 0.6 is 27.3 Å². The molecule has 70 valence electrons. The molecule has 1 fully saturated rings. The number of ether oxygens (including phenoxy) is 1. The van der Waals surface area contributed by atoms with Gasteiger partial charge < -0.3 is 4.74 Å². The van der Waals surface area contributed by atoms with E-state index in [1.807, 2.05) is 12.1 Å². The summed E-state index contributed by atoms with van der Waals surface area (Å²) in [5.41, 5.74) is 0. The molecule has 2 nitrogen and oxygen atoms in total. The summed E-state index contributed by atoms with van der Waals surface area (Å²) in [6.07, 6.45) is 1.04. The van der Waals surface area contributed by atoms with Crippen LogP contribution in [0.4, 0.5) is 0 Å². The molecule has 4 heteroatoms. The molecule has 0 radical (unpaired) electrons. The van der Waals surface area contributed by atoms with Gasteiger partial charge in [0.25, 0.3) is 0 Å². The molecule has 1 heterocycles. The average molecular weight is 261 g/mol. The quantitative estimate of drug-likeness (QED) is 0.782. The molecule has 0 spiro atoms. The van der Waals surface area contributed by atoms with Gasteiger partial charge in [-0.25, -0.2) is 0 Å². The fraction of sp³-hybridized carbons (Fsp3) is 0.444. The molecule has 1 saturated carbocycles. The van der Waals surface area contributed by atoms with Crippen LogP contribution < -0.4 is 0 Å². The molecule has 0 aliphatic heterocycles. The summed E-state index contributed by atoms with van der Waals surface area (Å²) in [6, 6.07) is 3.77. The third-order valence-electron chi connectivity index (χ3n) is 2.19. The van der Waals surface area contributed by atoms with Gasteiger partial charge in [-0.15, -0.1) is 11.3 Å². The maximum atomic E-state index is 11.7. The highest BCUT2D eigenvalue weighted by Crippen LogP contribution is 2.38. The fourth-order valence-electron chi connectivity index (χ4n) is 1.34. The van der Waals surface area contributed by atoms with Crippen molar-refractivity contribution < 1.29 is 9.53 Å². The zero-order valence-electron chi connectivity index (χ0n) is 7.12. The Kier molecular flexibility index (Phi) is 2.53. The molecular formula is C9H9BrO2S. The van der Waals surface area contributed by atoms with Gasteiger partial charge in [0.2, 0.25) is 0 Å². The highest BCUT2D eigenvalue weighted by atomic mass is 79.9. The summed E-state index contributed by atoms with van der Waals surface area (Å²) in [4.78, 5) is 12.5. The lowest BCUT2D eigenvalue weighted by Crippen LogP contribution is -2.03. The maximum absolute atomic E-state index is 11.7. The standard InChI is InChI=1S/C9H9BrO2S/c1-12-6-4-5(6)9(11)7-2-3-8(10)13-7/h2-3,5-6H,4H2,1H3. The van der Waals surface area contributed by atoms with Crippen LogP contribution in [0.1, 0.15) is 16.1 Å². The number of Topliss-reactive ketones (excluding diaryl/α,β-unsaturated/α-hetero) is 1. The number of methoxy groups -OCH3 is 1. The van der Waals surface area contributed by atoms with Crippen molar-refractivity contribution in [2.45, 2.75) is 12.5 Å². The van der Waals surface area contributed by atoms with Crippen LogP contribution in [-0.4, -0.2) is 19.0 Å². The minimum atomic E-state index is 0.107. The van der Waals surface area contributed by atoms with Gasteiger partial charge in [-0.2, -0.15) is 0 Å². The normalized spacial score (nSPS) is 26.0. The van der Waals surface area contributed by atoms with E-state index in [9.17, 15) is 4.79 Å². The summed E-state index contributed by atoms with van der Waals surface area (Å²) in [6.45, 7) is 0. The van der Waals surface area contributed by atoms with Crippen molar-refractivity contribution in [1.29, 1.82) is 0 Å². The first-order chi connectivity index (χ1) is 6.22. The molecule has 0 aromatic carbocycles. The van der Waals surface area contributed by atoms with Crippen LogP contribution in [0.25, 0.3) is 0 Å². The summed E-state index contributed by atoms with van der Waals surface area (Å²) in [5.74, 6) is 0.332. The van der Waals surface area contributed by atoms with Crippen molar-refractivity contribution in [3.05, 3.63) is 20.8 Å². The molecule has 13 heavy (non-hydrogen) atoms. The number of hydrogen-bond donors (Lipinski definition) is 0. The molecule has 1 aliphatic rings. The lowest BCUT2D eigenvalue weighted by molar-refractivity contribution is 0.0922. The topological polar surface area (TPSA) is 26.3 Å². The van der Waals surface area contributed by atoms with Crippen LogP contribution in [0.2, 0.25) is 0 Å². The molecular weight excluding hydrogens is 252 g/mol. The van der Waals surface area contributed by atoms with E-state index in [1.54, 1.807) is 7.11 Å². The largest absolute Gasteiger partial charge is 0.381 e. The summed E-state index contributed by atoms with van der Waals surface area (Å²) >= 11 is 4.83. The molecule has 0 N–H and O–H groups in total. The second kappa shape index (κ2) is 3.52. The fourth-order valence-corrected chi connectivity index (χ4v) is 2.73. The number of halogens is 1. The third-order valence-corrected chi connectivity index (χ3v) is 3.83. The first kappa shape index (κ1) is 9.37. The van der Waals surface area contributed by atoms with E-state index in [1.165, 1.54) is 11.3 Å². The number of rotatable bonds is 3. The van der Waals surface area contributed by atoms with E-state index >= 15 is 0 Å².